The van der Waals surface area contributed by atoms with Gasteiger partial charge in [-0.3, -0.25) is 4.79 Å². The fourth-order valence-corrected chi connectivity index (χ4v) is 2.69. The van der Waals surface area contributed by atoms with Crippen LogP contribution in [0.4, 0.5) is 0 Å². The minimum atomic E-state index is -0.658. The number of benzene rings is 1. The van der Waals surface area contributed by atoms with Gasteiger partial charge in [0.15, 0.2) is 0 Å². The van der Waals surface area contributed by atoms with E-state index in [1.165, 1.54) is 0 Å². The largest absolute Gasteiger partial charge is 0.497 e. The molecule has 20 heavy (non-hydrogen) atoms. The summed E-state index contributed by atoms with van der Waals surface area (Å²) in [6.07, 6.45) is 1.29. The van der Waals surface area contributed by atoms with Crippen LogP contribution in [0.5, 0.6) is 5.75 Å². The van der Waals surface area contributed by atoms with E-state index < -0.39 is 5.54 Å². The van der Waals surface area contributed by atoms with Crippen LogP contribution in [-0.4, -0.2) is 23.5 Å². The molecule has 1 rings (SSSR count). The molecular formula is C14H19BrN2O2S. The number of amides is 1. The second-order valence-corrected chi connectivity index (χ2v) is 5.75. The molecule has 0 aliphatic rings. The monoisotopic (exact) mass is 358 g/mol. The van der Waals surface area contributed by atoms with Crippen LogP contribution in [0.15, 0.2) is 22.7 Å². The molecule has 1 aromatic rings. The highest BCUT2D eigenvalue weighted by Crippen LogP contribution is 2.24. The lowest BCUT2D eigenvalue weighted by Gasteiger charge is -2.31. The van der Waals surface area contributed by atoms with Gasteiger partial charge >= 0.3 is 0 Å². The molecule has 0 aliphatic carbocycles. The topological polar surface area (TPSA) is 64.3 Å². The van der Waals surface area contributed by atoms with Crippen molar-refractivity contribution in [2.75, 3.05) is 7.11 Å². The predicted molar refractivity (Wildman–Crippen MR) is 88.3 cm³/mol. The van der Waals surface area contributed by atoms with Crippen LogP contribution in [0.3, 0.4) is 0 Å². The van der Waals surface area contributed by atoms with E-state index in [9.17, 15) is 4.79 Å². The van der Waals surface area contributed by atoms with E-state index >= 15 is 0 Å². The maximum Gasteiger partial charge on any atom is 0.253 e. The molecule has 0 unspecified atom stereocenters. The number of halogens is 1. The zero-order valence-corrected chi connectivity index (χ0v) is 14.2. The summed E-state index contributed by atoms with van der Waals surface area (Å²) in [5, 5.41) is 2.95. The van der Waals surface area contributed by atoms with Crippen molar-refractivity contribution >= 4 is 39.0 Å². The minimum absolute atomic E-state index is 0.229. The van der Waals surface area contributed by atoms with E-state index in [0.29, 0.717) is 33.6 Å². The van der Waals surface area contributed by atoms with E-state index in [1.807, 2.05) is 13.8 Å². The number of hydrogen-bond donors (Lipinski definition) is 2. The van der Waals surface area contributed by atoms with E-state index in [2.05, 4.69) is 21.2 Å². The molecule has 0 aromatic heterocycles. The Morgan fingerprint density at radius 3 is 2.50 bits per heavy atom. The van der Waals surface area contributed by atoms with Gasteiger partial charge in [-0.1, -0.05) is 26.1 Å². The number of rotatable bonds is 6. The molecule has 0 saturated heterocycles. The minimum Gasteiger partial charge on any atom is -0.497 e. The molecule has 0 saturated carbocycles. The SMILES string of the molecule is CCC(CC)(NC(=O)c1cc(OC)ccc1Br)C(N)=S. The number of nitrogens with two attached hydrogens (primary N) is 1. The van der Waals surface area contributed by atoms with Crippen LogP contribution < -0.4 is 15.8 Å². The lowest BCUT2D eigenvalue weighted by atomic mass is 9.92. The lowest BCUT2D eigenvalue weighted by Crippen LogP contribution is -2.56. The van der Waals surface area contributed by atoms with Crippen LogP contribution >= 0.6 is 28.1 Å². The fourth-order valence-electron chi connectivity index (χ4n) is 1.93. The maximum absolute atomic E-state index is 12.5. The summed E-state index contributed by atoms with van der Waals surface area (Å²) in [4.78, 5) is 12.8. The van der Waals surface area contributed by atoms with Crippen molar-refractivity contribution in [3.8, 4) is 5.75 Å². The van der Waals surface area contributed by atoms with E-state index in [0.717, 1.165) is 0 Å². The molecule has 0 aliphatic heterocycles. The Bertz CT molecular complexity index is 516. The number of carbonyl (C=O) groups is 1. The Balaban J connectivity index is 3.09. The molecule has 0 radical (unpaired) electrons. The summed E-state index contributed by atoms with van der Waals surface area (Å²) in [7, 11) is 1.56. The standard InChI is InChI=1S/C14H19BrN2O2S/c1-4-14(5-2,13(16)20)17-12(18)10-8-9(19-3)6-7-11(10)15/h6-8H,4-5H2,1-3H3,(H2,16,20)(H,17,18). The zero-order valence-electron chi connectivity index (χ0n) is 11.8. The molecule has 4 nitrogen and oxygen atoms in total. The third-order valence-electron chi connectivity index (χ3n) is 3.45. The third-order valence-corrected chi connectivity index (χ3v) is 4.53. The number of methoxy groups -OCH3 is 1. The summed E-state index contributed by atoms with van der Waals surface area (Å²) in [5.41, 5.74) is 5.63. The summed E-state index contributed by atoms with van der Waals surface area (Å²) in [6.45, 7) is 3.90. The second kappa shape index (κ2) is 7.04. The molecule has 0 fully saturated rings. The van der Waals surface area contributed by atoms with Gasteiger partial charge in [0.2, 0.25) is 0 Å². The van der Waals surface area contributed by atoms with Crippen LogP contribution in [0, 0.1) is 0 Å². The van der Waals surface area contributed by atoms with Gasteiger partial charge in [0.25, 0.3) is 5.91 Å². The number of nitrogens with one attached hydrogen (secondary N) is 1. The van der Waals surface area contributed by atoms with Gasteiger partial charge in [0.1, 0.15) is 5.75 Å². The third kappa shape index (κ3) is 3.49. The van der Waals surface area contributed by atoms with E-state index in [1.54, 1.807) is 25.3 Å². The predicted octanol–water partition coefficient (Wildman–Crippen LogP) is 3.03. The van der Waals surface area contributed by atoms with Gasteiger partial charge in [-0.25, -0.2) is 0 Å². The number of carbonyl (C=O) groups excluding carboxylic acids is 1. The van der Waals surface area contributed by atoms with Gasteiger partial charge < -0.3 is 15.8 Å². The van der Waals surface area contributed by atoms with Crippen LogP contribution in [0.2, 0.25) is 0 Å². The highest BCUT2D eigenvalue weighted by molar-refractivity contribution is 9.10. The Morgan fingerprint density at radius 2 is 2.05 bits per heavy atom. The fraction of sp³-hybridized carbons (Fsp3) is 0.429. The van der Waals surface area contributed by atoms with Crippen LogP contribution in [-0.2, 0) is 0 Å². The Labute approximate surface area is 133 Å². The molecule has 0 atom stereocenters. The molecule has 110 valence electrons. The van der Waals surface area contributed by atoms with Gasteiger partial charge in [0, 0.05) is 4.47 Å². The van der Waals surface area contributed by atoms with Crippen molar-refractivity contribution in [1.29, 1.82) is 0 Å². The molecule has 0 heterocycles. The van der Waals surface area contributed by atoms with Crippen molar-refractivity contribution in [2.45, 2.75) is 32.2 Å². The summed E-state index contributed by atoms with van der Waals surface area (Å²) in [5.74, 6) is 0.388. The second-order valence-electron chi connectivity index (χ2n) is 4.45. The Kier molecular flexibility index (Phi) is 5.95. The first-order valence-corrected chi connectivity index (χ1v) is 7.56. The maximum atomic E-state index is 12.5. The van der Waals surface area contributed by atoms with E-state index in [4.69, 9.17) is 22.7 Å². The summed E-state index contributed by atoms with van der Waals surface area (Å²) in [6, 6.07) is 5.23. The number of hydrogen-bond acceptors (Lipinski definition) is 3. The smallest absolute Gasteiger partial charge is 0.253 e. The van der Waals surface area contributed by atoms with Gasteiger partial charge in [-0.05, 0) is 47.0 Å². The first-order valence-electron chi connectivity index (χ1n) is 6.36. The molecular weight excluding hydrogens is 340 g/mol. The quantitative estimate of drug-likeness (QED) is 0.767. The average Bonchev–Trinajstić information content (AvgIpc) is 2.44. The first kappa shape index (κ1) is 16.9. The molecule has 1 amide bonds. The highest BCUT2D eigenvalue weighted by Gasteiger charge is 2.32. The number of ether oxygens (including phenoxy) is 1. The average molecular weight is 359 g/mol. The summed E-state index contributed by atoms with van der Waals surface area (Å²) >= 11 is 8.47. The van der Waals surface area contributed by atoms with Gasteiger partial charge in [-0.2, -0.15) is 0 Å². The molecule has 0 bridgehead atoms. The van der Waals surface area contributed by atoms with Gasteiger partial charge in [0.05, 0.1) is 23.2 Å². The van der Waals surface area contributed by atoms with Gasteiger partial charge in [-0.15, -0.1) is 0 Å². The lowest BCUT2D eigenvalue weighted by molar-refractivity contribution is 0.0918. The van der Waals surface area contributed by atoms with E-state index in [-0.39, 0.29) is 5.91 Å². The van der Waals surface area contributed by atoms with Crippen LogP contribution in [0.1, 0.15) is 37.0 Å². The van der Waals surface area contributed by atoms with Crippen molar-refractivity contribution in [1.82, 2.24) is 5.32 Å². The Hall–Kier alpha value is -1.14. The zero-order chi connectivity index (χ0) is 15.3. The highest BCUT2D eigenvalue weighted by atomic mass is 79.9. The summed E-state index contributed by atoms with van der Waals surface area (Å²) < 4.78 is 5.83. The number of thiocarbonyl (C=S) groups is 1. The normalized spacial score (nSPS) is 11.0. The van der Waals surface area contributed by atoms with Crippen LogP contribution in [0.25, 0.3) is 0 Å². The molecule has 6 heteroatoms. The van der Waals surface area contributed by atoms with Crippen molar-refractivity contribution in [3.05, 3.63) is 28.2 Å². The molecule has 0 spiro atoms. The Morgan fingerprint density at radius 1 is 1.45 bits per heavy atom. The molecule has 1 aromatic carbocycles. The van der Waals surface area contributed by atoms with Crippen molar-refractivity contribution < 1.29 is 9.53 Å². The van der Waals surface area contributed by atoms with Crippen molar-refractivity contribution in [2.24, 2.45) is 5.73 Å². The van der Waals surface area contributed by atoms with Crippen molar-refractivity contribution in [3.63, 3.8) is 0 Å². The molecule has 3 N–H and O–H groups in total. The first-order chi connectivity index (χ1) is 9.40.